The van der Waals surface area contributed by atoms with E-state index in [4.69, 9.17) is 4.74 Å². The predicted molar refractivity (Wildman–Crippen MR) is 93.9 cm³/mol. The largest absolute Gasteiger partial charge is 0.494 e. The first-order valence-corrected chi connectivity index (χ1v) is 7.88. The summed E-state index contributed by atoms with van der Waals surface area (Å²) in [5.41, 5.74) is 1.47. The number of guanidine groups is 1. The quantitative estimate of drug-likeness (QED) is 0.623. The van der Waals surface area contributed by atoms with Crippen LogP contribution in [0.5, 0.6) is 5.75 Å². The standard InChI is InChI=1S/C17H17N5O4/c1-4-26-10-5-6-12-11(7-10)9(2)18-16(19-12)22-17-20-13(15(24)21-17)8-14(23)25-3/h5-8H,4H2,1-3H3,(H2,18,19,20,21,22,24). The smallest absolute Gasteiger partial charge is 0.332 e. The van der Waals surface area contributed by atoms with Gasteiger partial charge in [-0.3, -0.25) is 10.1 Å². The Hall–Kier alpha value is -3.49. The predicted octanol–water partition coefficient (Wildman–Crippen LogP) is 1.10. The first kappa shape index (κ1) is 17.3. The highest BCUT2D eigenvalue weighted by Crippen LogP contribution is 2.23. The summed E-state index contributed by atoms with van der Waals surface area (Å²) in [5, 5.41) is 6.05. The molecular formula is C17H17N5O4. The zero-order chi connectivity index (χ0) is 18.7. The number of nitrogens with zero attached hydrogens (tertiary/aromatic N) is 3. The summed E-state index contributed by atoms with van der Waals surface area (Å²) in [7, 11) is 1.23. The van der Waals surface area contributed by atoms with Gasteiger partial charge in [-0.25, -0.2) is 14.8 Å². The number of carbonyl (C=O) groups excluding carboxylic acids is 2. The summed E-state index contributed by atoms with van der Waals surface area (Å²) in [5.74, 6) is -0.0796. The fourth-order valence-corrected chi connectivity index (χ4v) is 2.38. The van der Waals surface area contributed by atoms with E-state index in [1.807, 2.05) is 32.0 Å². The monoisotopic (exact) mass is 355 g/mol. The maximum absolute atomic E-state index is 11.8. The van der Waals surface area contributed by atoms with Crippen LogP contribution in [0.1, 0.15) is 12.6 Å². The molecule has 1 aromatic carbocycles. The van der Waals surface area contributed by atoms with E-state index in [-0.39, 0.29) is 17.6 Å². The number of nitrogens with one attached hydrogen (secondary N) is 2. The van der Waals surface area contributed by atoms with Gasteiger partial charge in [-0.05, 0) is 32.0 Å². The lowest BCUT2D eigenvalue weighted by atomic mass is 10.2. The molecule has 0 aliphatic carbocycles. The van der Waals surface area contributed by atoms with Gasteiger partial charge >= 0.3 is 5.97 Å². The zero-order valence-electron chi connectivity index (χ0n) is 14.5. The molecule has 0 spiro atoms. The van der Waals surface area contributed by atoms with Crippen LogP contribution in [0.4, 0.5) is 5.95 Å². The van der Waals surface area contributed by atoms with Crippen molar-refractivity contribution in [1.82, 2.24) is 20.6 Å². The summed E-state index contributed by atoms with van der Waals surface area (Å²) in [4.78, 5) is 36.0. The van der Waals surface area contributed by atoms with Crippen LogP contribution in [0.2, 0.25) is 0 Å². The fraction of sp³-hybridized carbons (Fsp3) is 0.235. The van der Waals surface area contributed by atoms with Gasteiger partial charge in [0.05, 0.1) is 31.0 Å². The van der Waals surface area contributed by atoms with E-state index in [1.54, 1.807) is 0 Å². The lowest BCUT2D eigenvalue weighted by molar-refractivity contribution is -0.135. The minimum atomic E-state index is -0.646. The van der Waals surface area contributed by atoms with E-state index in [2.05, 4.69) is 30.3 Å². The number of amides is 1. The third kappa shape index (κ3) is 3.61. The van der Waals surface area contributed by atoms with Crippen molar-refractivity contribution in [3.8, 4) is 5.75 Å². The van der Waals surface area contributed by atoms with E-state index in [0.717, 1.165) is 22.9 Å². The van der Waals surface area contributed by atoms with Gasteiger partial charge in [0.25, 0.3) is 11.9 Å². The van der Waals surface area contributed by atoms with Gasteiger partial charge in [0, 0.05) is 5.39 Å². The minimum Gasteiger partial charge on any atom is -0.494 e. The number of rotatable bonds is 4. The van der Waals surface area contributed by atoms with Crippen LogP contribution in [0, 0.1) is 6.92 Å². The highest BCUT2D eigenvalue weighted by Gasteiger charge is 2.23. The molecule has 1 fully saturated rings. The highest BCUT2D eigenvalue weighted by molar-refractivity contribution is 6.15. The van der Waals surface area contributed by atoms with Crippen molar-refractivity contribution in [3.05, 3.63) is 35.7 Å². The lowest BCUT2D eigenvalue weighted by Gasteiger charge is -2.07. The maximum Gasteiger partial charge on any atom is 0.332 e. The summed E-state index contributed by atoms with van der Waals surface area (Å²) in [6, 6.07) is 5.52. The molecule has 0 bridgehead atoms. The van der Waals surface area contributed by atoms with Crippen LogP contribution in [0.25, 0.3) is 10.9 Å². The summed E-state index contributed by atoms with van der Waals surface area (Å²) in [6.45, 7) is 4.33. The molecule has 2 heterocycles. The first-order chi connectivity index (χ1) is 12.5. The van der Waals surface area contributed by atoms with E-state index in [1.165, 1.54) is 7.11 Å². The molecule has 0 radical (unpaired) electrons. The Morgan fingerprint density at radius 2 is 2.12 bits per heavy atom. The van der Waals surface area contributed by atoms with Gasteiger partial charge in [0.1, 0.15) is 11.4 Å². The highest BCUT2D eigenvalue weighted by atomic mass is 16.5. The minimum absolute atomic E-state index is 0.0365. The van der Waals surface area contributed by atoms with Crippen LogP contribution in [-0.4, -0.2) is 41.5 Å². The number of hydrogen-bond acceptors (Lipinski definition) is 7. The Labute approximate surface area is 149 Å². The number of aliphatic imine (C=N–C) groups is 1. The summed E-state index contributed by atoms with van der Waals surface area (Å²) in [6.07, 6.45) is 1.04. The molecule has 2 aromatic rings. The molecule has 134 valence electrons. The Kier molecular flexibility index (Phi) is 4.78. The second-order valence-electron chi connectivity index (χ2n) is 5.34. The molecule has 0 unspecified atom stereocenters. The average Bonchev–Trinajstić information content (AvgIpc) is 2.94. The Morgan fingerprint density at radius 3 is 2.85 bits per heavy atom. The Balaban J connectivity index is 1.90. The van der Waals surface area contributed by atoms with Crippen molar-refractivity contribution in [2.45, 2.75) is 13.8 Å². The van der Waals surface area contributed by atoms with Crippen LogP contribution in [0.3, 0.4) is 0 Å². The molecule has 1 amide bonds. The van der Waals surface area contributed by atoms with Crippen LogP contribution < -0.4 is 15.4 Å². The fourth-order valence-electron chi connectivity index (χ4n) is 2.38. The average molecular weight is 355 g/mol. The number of aryl methyl sites for hydroxylation is 1. The maximum atomic E-state index is 11.8. The molecule has 0 atom stereocenters. The van der Waals surface area contributed by atoms with E-state index < -0.39 is 11.9 Å². The number of benzene rings is 1. The van der Waals surface area contributed by atoms with E-state index in [9.17, 15) is 9.59 Å². The number of ether oxygens (including phenoxy) is 2. The number of hydrogen-bond donors (Lipinski definition) is 2. The molecule has 9 nitrogen and oxygen atoms in total. The Morgan fingerprint density at radius 1 is 1.31 bits per heavy atom. The van der Waals surface area contributed by atoms with Crippen molar-refractivity contribution in [2.75, 3.05) is 13.7 Å². The van der Waals surface area contributed by atoms with Crippen molar-refractivity contribution >= 4 is 34.7 Å². The van der Waals surface area contributed by atoms with Crippen LogP contribution in [-0.2, 0) is 14.3 Å². The molecular weight excluding hydrogens is 338 g/mol. The van der Waals surface area contributed by atoms with Gasteiger partial charge in [-0.15, -0.1) is 0 Å². The van der Waals surface area contributed by atoms with Crippen LogP contribution >= 0.6 is 0 Å². The van der Waals surface area contributed by atoms with Crippen molar-refractivity contribution in [3.63, 3.8) is 0 Å². The number of aromatic nitrogens is 2. The number of fused-ring (bicyclic) bond motifs is 1. The zero-order valence-corrected chi connectivity index (χ0v) is 14.5. The summed E-state index contributed by atoms with van der Waals surface area (Å²) >= 11 is 0. The topological polar surface area (TPSA) is 115 Å². The van der Waals surface area contributed by atoms with Gasteiger partial charge in [-0.1, -0.05) is 0 Å². The van der Waals surface area contributed by atoms with Gasteiger partial charge in [0.15, 0.2) is 0 Å². The molecule has 1 aromatic heterocycles. The molecule has 3 rings (SSSR count). The molecule has 0 saturated carbocycles. The number of methoxy groups -OCH3 is 1. The van der Waals surface area contributed by atoms with E-state index in [0.29, 0.717) is 12.1 Å². The molecule has 26 heavy (non-hydrogen) atoms. The van der Waals surface area contributed by atoms with Crippen molar-refractivity contribution < 1.29 is 19.1 Å². The number of esters is 1. The molecule has 2 N–H and O–H groups in total. The third-order valence-electron chi connectivity index (χ3n) is 3.56. The van der Waals surface area contributed by atoms with Crippen LogP contribution in [0.15, 0.2) is 35.0 Å². The SMILES string of the molecule is CCOc1ccc2nc(/N=C3\NC(=O)C(=CC(=O)OC)N3)nc(C)c2c1. The molecule has 1 saturated heterocycles. The van der Waals surface area contributed by atoms with Gasteiger partial charge in [-0.2, -0.15) is 4.99 Å². The normalized spacial score (nSPS) is 16.7. The third-order valence-corrected chi connectivity index (χ3v) is 3.56. The number of carbonyl (C=O) groups is 2. The first-order valence-electron chi connectivity index (χ1n) is 7.88. The second kappa shape index (κ2) is 7.18. The van der Waals surface area contributed by atoms with Crippen molar-refractivity contribution in [2.24, 2.45) is 4.99 Å². The van der Waals surface area contributed by atoms with E-state index >= 15 is 0 Å². The summed E-state index contributed by atoms with van der Waals surface area (Å²) < 4.78 is 9.98. The lowest BCUT2D eigenvalue weighted by Crippen LogP contribution is -2.24. The molecule has 1 aliphatic rings. The molecule has 9 heteroatoms. The molecule has 1 aliphatic heterocycles. The Bertz CT molecular complexity index is 952. The second-order valence-corrected chi connectivity index (χ2v) is 5.34. The van der Waals surface area contributed by atoms with Crippen molar-refractivity contribution in [1.29, 1.82) is 0 Å². The van der Waals surface area contributed by atoms with Gasteiger partial charge in [0.2, 0.25) is 5.96 Å². The van der Waals surface area contributed by atoms with Gasteiger partial charge < -0.3 is 14.8 Å².